The fourth-order valence-corrected chi connectivity index (χ4v) is 4.71. The van der Waals surface area contributed by atoms with Crippen LogP contribution in [0, 0.1) is 13.8 Å². The van der Waals surface area contributed by atoms with Crippen molar-refractivity contribution in [1.29, 1.82) is 0 Å². The van der Waals surface area contributed by atoms with Crippen LogP contribution in [0.4, 0.5) is 5.69 Å². The average molecular weight is 401 g/mol. The molecule has 2 aromatic carbocycles. The van der Waals surface area contributed by atoms with Crippen molar-refractivity contribution in [3.63, 3.8) is 0 Å². The number of thiophene rings is 1. The lowest BCUT2D eigenvalue weighted by Gasteiger charge is -2.10. The molecule has 0 aliphatic heterocycles. The minimum absolute atomic E-state index is 0.0346. The normalized spacial score (nSPS) is 11.0. The van der Waals surface area contributed by atoms with E-state index in [0.717, 1.165) is 27.0 Å². The number of nitrogen functional groups attached to an aromatic ring is 1. The van der Waals surface area contributed by atoms with Crippen molar-refractivity contribution < 1.29 is 9.59 Å². The Labute approximate surface area is 173 Å². The summed E-state index contributed by atoms with van der Waals surface area (Å²) in [5, 5.41) is 0.774. The largest absolute Gasteiger partial charge is 0.397 e. The second-order valence-electron chi connectivity index (χ2n) is 6.99. The van der Waals surface area contributed by atoms with E-state index in [1.54, 1.807) is 12.1 Å². The van der Waals surface area contributed by atoms with E-state index < -0.39 is 0 Å². The molecule has 0 radical (unpaired) electrons. The molecule has 4 rings (SSSR count). The zero-order valence-electron chi connectivity index (χ0n) is 16.2. The summed E-state index contributed by atoms with van der Waals surface area (Å²) in [6.07, 6.45) is 0.252. The lowest BCUT2D eigenvalue weighted by atomic mass is 9.96. The predicted molar refractivity (Wildman–Crippen MR) is 118 cm³/mol. The van der Waals surface area contributed by atoms with Crippen molar-refractivity contribution in [2.45, 2.75) is 20.3 Å². The molecule has 2 aromatic heterocycles. The number of pyridine rings is 1. The maximum absolute atomic E-state index is 12.9. The Balaban J connectivity index is 1.78. The molecular weight excluding hydrogens is 380 g/mol. The number of rotatable bonds is 5. The Hall–Kier alpha value is -3.31. The van der Waals surface area contributed by atoms with Gasteiger partial charge in [0.2, 0.25) is 5.78 Å². The van der Waals surface area contributed by atoms with Crippen LogP contribution in [0.25, 0.3) is 10.2 Å². The second-order valence-corrected chi connectivity index (χ2v) is 7.99. The highest BCUT2D eigenvalue weighted by atomic mass is 32.1. The van der Waals surface area contributed by atoms with E-state index in [2.05, 4.69) is 4.98 Å². The molecule has 2 heterocycles. The van der Waals surface area contributed by atoms with Gasteiger partial charge in [-0.25, -0.2) is 4.98 Å². The van der Waals surface area contributed by atoms with Crippen LogP contribution in [-0.4, -0.2) is 16.6 Å². The Morgan fingerprint density at radius 1 is 0.931 bits per heavy atom. The molecule has 29 heavy (non-hydrogen) atoms. The summed E-state index contributed by atoms with van der Waals surface area (Å²) in [5.74, 6) is -0.0719. The van der Waals surface area contributed by atoms with Gasteiger partial charge in [0.1, 0.15) is 9.71 Å². The predicted octanol–water partition coefficient (Wildman–Crippen LogP) is 5.15. The Morgan fingerprint density at radius 2 is 1.52 bits per heavy atom. The molecule has 4 nitrogen and oxygen atoms in total. The monoisotopic (exact) mass is 400 g/mol. The summed E-state index contributed by atoms with van der Waals surface area (Å²) in [7, 11) is 0. The molecule has 0 saturated heterocycles. The van der Waals surface area contributed by atoms with Gasteiger partial charge in [-0.15, -0.1) is 11.3 Å². The first-order valence-electron chi connectivity index (χ1n) is 9.33. The molecule has 144 valence electrons. The number of nitrogens with two attached hydrogens (primary N) is 1. The average Bonchev–Trinajstić information content (AvgIpc) is 3.07. The maximum atomic E-state index is 12.9. The fraction of sp³-hybridized carbons (Fsp3) is 0.125. The molecule has 0 atom stereocenters. The van der Waals surface area contributed by atoms with Gasteiger partial charge in [-0.05, 0) is 25.0 Å². The van der Waals surface area contributed by atoms with Crippen LogP contribution in [-0.2, 0) is 6.42 Å². The molecule has 0 fully saturated rings. The van der Waals surface area contributed by atoms with Crippen molar-refractivity contribution in [3.8, 4) is 0 Å². The first-order chi connectivity index (χ1) is 14.0. The number of nitrogens with zero attached hydrogens (tertiary/aromatic N) is 1. The third-order valence-electron chi connectivity index (χ3n) is 5.14. The molecular formula is C24H20N2O2S. The van der Waals surface area contributed by atoms with Crippen LogP contribution < -0.4 is 5.73 Å². The van der Waals surface area contributed by atoms with Crippen molar-refractivity contribution in [2.24, 2.45) is 0 Å². The molecule has 0 amide bonds. The number of Topliss-reactive ketones (excluding diaryl/α,β-unsaturated/α-hetero) is 1. The summed E-state index contributed by atoms with van der Waals surface area (Å²) in [6, 6.07) is 18.3. The Bertz CT molecular complexity index is 1230. The summed E-state index contributed by atoms with van der Waals surface area (Å²) in [6.45, 7) is 3.85. The third-order valence-corrected chi connectivity index (χ3v) is 6.23. The SMILES string of the molecule is Cc1nc2sc(C(=O)c3ccccc3)c(N)c2c(C)c1CC(=O)c1ccccc1. The van der Waals surface area contributed by atoms with Crippen LogP contribution >= 0.6 is 11.3 Å². The third kappa shape index (κ3) is 3.45. The van der Waals surface area contributed by atoms with Crippen LogP contribution in [0.1, 0.15) is 42.4 Å². The number of anilines is 1. The topological polar surface area (TPSA) is 73.1 Å². The van der Waals surface area contributed by atoms with Crippen molar-refractivity contribution >= 4 is 38.8 Å². The van der Waals surface area contributed by atoms with E-state index in [9.17, 15) is 9.59 Å². The van der Waals surface area contributed by atoms with E-state index >= 15 is 0 Å². The first-order valence-corrected chi connectivity index (χ1v) is 10.1. The van der Waals surface area contributed by atoms with Gasteiger partial charge in [-0.3, -0.25) is 9.59 Å². The zero-order valence-corrected chi connectivity index (χ0v) is 17.0. The van der Waals surface area contributed by atoms with Gasteiger partial charge < -0.3 is 5.73 Å². The van der Waals surface area contributed by atoms with E-state index in [4.69, 9.17) is 5.73 Å². The van der Waals surface area contributed by atoms with Crippen molar-refractivity contribution in [2.75, 3.05) is 5.73 Å². The Morgan fingerprint density at radius 3 is 2.14 bits per heavy atom. The molecule has 2 N–H and O–H groups in total. The molecule has 0 unspecified atom stereocenters. The van der Waals surface area contributed by atoms with Crippen molar-refractivity contribution in [3.05, 3.63) is 93.5 Å². The summed E-state index contributed by atoms with van der Waals surface area (Å²) >= 11 is 1.31. The zero-order chi connectivity index (χ0) is 20.5. The van der Waals surface area contributed by atoms with Crippen LogP contribution in [0.15, 0.2) is 60.7 Å². The molecule has 5 heteroatoms. The van der Waals surface area contributed by atoms with Crippen molar-refractivity contribution in [1.82, 2.24) is 4.98 Å². The number of carbonyl (C=O) groups is 2. The summed E-state index contributed by atoms with van der Waals surface area (Å²) < 4.78 is 0. The summed E-state index contributed by atoms with van der Waals surface area (Å²) in [5.41, 5.74) is 10.7. The Kier molecular flexibility index (Phi) is 4.99. The standard InChI is InChI=1S/C24H20N2O2S/c1-14-18(13-19(27)16-9-5-3-6-10-16)15(2)26-24-20(14)21(25)23(29-24)22(28)17-11-7-4-8-12-17/h3-12H,13,25H2,1-2H3. The molecule has 0 bridgehead atoms. The summed E-state index contributed by atoms with van der Waals surface area (Å²) in [4.78, 5) is 31.6. The van der Waals surface area contributed by atoms with E-state index in [-0.39, 0.29) is 18.0 Å². The number of hydrogen-bond acceptors (Lipinski definition) is 5. The van der Waals surface area contributed by atoms with Gasteiger partial charge >= 0.3 is 0 Å². The molecule has 0 aliphatic rings. The number of benzene rings is 2. The minimum atomic E-state index is -0.106. The molecule has 0 saturated carbocycles. The van der Waals surface area contributed by atoms with Gasteiger partial charge in [0, 0.05) is 28.6 Å². The minimum Gasteiger partial charge on any atom is -0.397 e. The first kappa shape index (κ1) is 19.0. The van der Waals surface area contributed by atoms with E-state index in [1.165, 1.54) is 11.3 Å². The van der Waals surface area contributed by atoms with E-state index in [1.807, 2.05) is 62.4 Å². The lowest BCUT2D eigenvalue weighted by Crippen LogP contribution is -2.08. The lowest BCUT2D eigenvalue weighted by molar-refractivity contribution is 0.0991. The molecule has 0 spiro atoms. The number of hydrogen-bond donors (Lipinski definition) is 1. The van der Waals surface area contributed by atoms with Gasteiger partial charge in [-0.2, -0.15) is 0 Å². The fourth-order valence-electron chi connectivity index (χ4n) is 3.55. The van der Waals surface area contributed by atoms with Gasteiger partial charge in [0.25, 0.3) is 0 Å². The highest BCUT2D eigenvalue weighted by Gasteiger charge is 2.23. The highest BCUT2D eigenvalue weighted by molar-refractivity contribution is 7.21. The second kappa shape index (κ2) is 7.60. The maximum Gasteiger partial charge on any atom is 0.205 e. The number of carbonyl (C=O) groups excluding carboxylic acids is 2. The molecule has 4 aromatic rings. The number of aromatic nitrogens is 1. The van der Waals surface area contributed by atoms with Gasteiger partial charge in [0.05, 0.1) is 5.69 Å². The molecule has 0 aliphatic carbocycles. The van der Waals surface area contributed by atoms with Gasteiger partial charge in [-0.1, -0.05) is 60.7 Å². The highest BCUT2D eigenvalue weighted by Crippen LogP contribution is 2.38. The van der Waals surface area contributed by atoms with E-state index in [0.29, 0.717) is 21.7 Å². The number of fused-ring (bicyclic) bond motifs is 1. The van der Waals surface area contributed by atoms with Crippen LogP contribution in [0.2, 0.25) is 0 Å². The van der Waals surface area contributed by atoms with Gasteiger partial charge in [0.15, 0.2) is 5.78 Å². The number of ketones is 2. The van der Waals surface area contributed by atoms with Crippen LogP contribution in [0.3, 0.4) is 0 Å². The smallest absolute Gasteiger partial charge is 0.205 e. The van der Waals surface area contributed by atoms with Crippen LogP contribution in [0.5, 0.6) is 0 Å². The quantitative estimate of drug-likeness (QED) is 0.470. The number of aryl methyl sites for hydroxylation is 2.